The summed E-state index contributed by atoms with van der Waals surface area (Å²) in [4.78, 5) is 16.3. The van der Waals surface area contributed by atoms with Crippen molar-refractivity contribution < 1.29 is 9.53 Å². The Hall–Kier alpha value is -2.81. The molecule has 0 bridgehead atoms. The van der Waals surface area contributed by atoms with Gasteiger partial charge >= 0.3 is 6.09 Å². The van der Waals surface area contributed by atoms with Crippen LogP contribution in [0.2, 0.25) is 0 Å². The molecule has 8 N–H and O–H groups in total. The van der Waals surface area contributed by atoms with Crippen molar-refractivity contribution >= 4 is 35.1 Å². The minimum absolute atomic E-state index is 0.113. The molecule has 0 atom stereocenters. The first-order chi connectivity index (χ1) is 11.2. The molecule has 0 unspecified atom stereocenters. The smallest absolute Gasteiger partial charge is 0.412 e. The summed E-state index contributed by atoms with van der Waals surface area (Å²) in [5.41, 5.74) is 12.4. The quantitative estimate of drug-likeness (QED) is 0.341. The number of aromatic nitrogens is 1. The van der Waals surface area contributed by atoms with Gasteiger partial charge < -0.3 is 32.2 Å². The van der Waals surface area contributed by atoms with Gasteiger partial charge in [-0.15, -0.1) is 0 Å². The van der Waals surface area contributed by atoms with Crippen molar-refractivity contribution in [3.05, 3.63) is 18.0 Å². The Balaban J connectivity index is 3.27. The van der Waals surface area contributed by atoms with Crippen molar-refractivity contribution in [2.75, 3.05) is 30.1 Å². The topological polar surface area (TPSA) is 151 Å². The van der Waals surface area contributed by atoms with E-state index in [0.29, 0.717) is 22.8 Å². The molecule has 1 rings (SSSR count). The Labute approximate surface area is 141 Å². The number of carbonyl (C=O) groups excluding carboxylic acids is 1. The lowest BCUT2D eigenvalue weighted by atomic mass is 10.1. The fraction of sp³-hybridized carbons (Fsp3) is 0.400. The van der Waals surface area contributed by atoms with Gasteiger partial charge in [0.15, 0.2) is 5.82 Å². The summed E-state index contributed by atoms with van der Waals surface area (Å²) in [6.45, 7) is 5.40. The highest BCUT2D eigenvalue weighted by Crippen LogP contribution is 2.29. The Morgan fingerprint density at radius 2 is 2.12 bits per heavy atom. The van der Waals surface area contributed by atoms with Crippen molar-refractivity contribution in [2.45, 2.75) is 26.4 Å². The van der Waals surface area contributed by atoms with E-state index in [1.165, 1.54) is 0 Å². The predicted molar refractivity (Wildman–Crippen MR) is 97.0 cm³/mol. The minimum Gasteiger partial charge on any atom is -0.444 e. The molecule has 0 fully saturated rings. The number of carbonyl (C=O) groups is 1. The number of nitrogens with one attached hydrogen (secondary N) is 4. The van der Waals surface area contributed by atoms with Gasteiger partial charge in [-0.2, -0.15) is 0 Å². The van der Waals surface area contributed by atoms with Crippen molar-refractivity contribution in [2.24, 2.45) is 5.73 Å². The van der Waals surface area contributed by atoms with Gasteiger partial charge in [-0.05, 0) is 26.8 Å². The number of pyridine rings is 1. The summed E-state index contributed by atoms with van der Waals surface area (Å²) in [7, 11) is 1.71. The monoisotopic (exact) mass is 335 g/mol. The highest BCUT2D eigenvalue weighted by Gasteiger charge is 2.19. The summed E-state index contributed by atoms with van der Waals surface area (Å²) in [5.74, 6) is 0.310. The number of hydrogen-bond donors (Lipinski definition) is 6. The van der Waals surface area contributed by atoms with Crippen LogP contribution in [0.1, 0.15) is 26.5 Å². The number of anilines is 3. The van der Waals surface area contributed by atoms with E-state index >= 15 is 0 Å². The van der Waals surface area contributed by atoms with Gasteiger partial charge in [-0.3, -0.25) is 5.32 Å². The molecule has 0 aliphatic heterocycles. The molecular weight excluding hydrogens is 310 g/mol. The van der Waals surface area contributed by atoms with Gasteiger partial charge in [-0.1, -0.05) is 0 Å². The second kappa shape index (κ2) is 8.16. The number of nitrogen functional groups attached to an aromatic ring is 1. The van der Waals surface area contributed by atoms with E-state index in [9.17, 15) is 4.79 Å². The number of ether oxygens (including phenoxy) is 1. The van der Waals surface area contributed by atoms with E-state index in [1.54, 1.807) is 40.1 Å². The molecule has 132 valence electrons. The first-order valence-corrected chi connectivity index (χ1v) is 7.34. The molecule has 1 heterocycles. The third-order valence-corrected chi connectivity index (χ3v) is 2.71. The van der Waals surface area contributed by atoms with Crippen molar-refractivity contribution in [1.29, 1.82) is 5.41 Å². The zero-order valence-electron chi connectivity index (χ0n) is 14.4. The molecule has 9 nitrogen and oxygen atoms in total. The normalized spacial score (nSPS) is 11.6. The second-order valence-corrected chi connectivity index (χ2v) is 5.86. The largest absolute Gasteiger partial charge is 0.444 e. The van der Waals surface area contributed by atoms with Crippen LogP contribution < -0.4 is 27.4 Å². The number of allylic oxidation sites excluding steroid dienone is 1. The molecule has 1 aromatic heterocycles. The highest BCUT2D eigenvalue weighted by molar-refractivity contribution is 6.08. The van der Waals surface area contributed by atoms with Crippen LogP contribution in [0.25, 0.3) is 5.57 Å². The summed E-state index contributed by atoms with van der Waals surface area (Å²) < 4.78 is 5.23. The molecule has 0 radical (unpaired) electrons. The van der Waals surface area contributed by atoms with Gasteiger partial charge in [0.25, 0.3) is 0 Å². The molecule has 0 aliphatic rings. The van der Waals surface area contributed by atoms with E-state index < -0.39 is 11.7 Å². The second-order valence-electron chi connectivity index (χ2n) is 5.86. The van der Waals surface area contributed by atoms with E-state index in [2.05, 4.69) is 20.9 Å². The molecule has 0 aromatic carbocycles. The van der Waals surface area contributed by atoms with E-state index in [4.69, 9.17) is 21.6 Å². The van der Waals surface area contributed by atoms with Gasteiger partial charge in [0, 0.05) is 25.0 Å². The summed E-state index contributed by atoms with van der Waals surface area (Å²) in [6, 6.07) is 1.56. The number of hydrogen-bond acceptors (Lipinski definition) is 8. The molecule has 0 saturated heterocycles. The van der Waals surface area contributed by atoms with Crippen LogP contribution in [0.4, 0.5) is 22.0 Å². The van der Waals surface area contributed by atoms with Gasteiger partial charge in [-0.25, -0.2) is 9.78 Å². The van der Waals surface area contributed by atoms with Crippen LogP contribution in [-0.2, 0) is 4.74 Å². The van der Waals surface area contributed by atoms with Crippen LogP contribution in [0.3, 0.4) is 0 Å². The number of nitrogens with two attached hydrogens (primary N) is 2. The third kappa shape index (κ3) is 5.43. The molecule has 9 heteroatoms. The Morgan fingerprint density at radius 3 is 2.62 bits per heavy atom. The highest BCUT2D eigenvalue weighted by atomic mass is 16.6. The zero-order chi connectivity index (χ0) is 18.3. The minimum atomic E-state index is -0.640. The molecule has 0 spiro atoms. The van der Waals surface area contributed by atoms with Crippen LogP contribution in [0, 0.1) is 5.41 Å². The lowest BCUT2D eigenvalue weighted by Crippen LogP contribution is -2.27. The molecule has 0 aliphatic carbocycles. The van der Waals surface area contributed by atoms with Crippen molar-refractivity contribution in [1.82, 2.24) is 10.3 Å². The van der Waals surface area contributed by atoms with Gasteiger partial charge in [0.1, 0.15) is 5.60 Å². The predicted octanol–water partition coefficient (Wildman–Crippen LogP) is 1.55. The van der Waals surface area contributed by atoms with Crippen LogP contribution in [-0.4, -0.2) is 36.6 Å². The third-order valence-electron chi connectivity index (χ3n) is 2.71. The maximum absolute atomic E-state index is 12.0. The van der Waals surface area contributed by atoms with E-state index in [-0.39, 0.29) is 12.4 Å². The molecule has 0 saturated carbocycles. The van der Waals surface area contributed by atoms with E-state index in [0.717, 1.165) is 6.21 Å². The number of nitrogens with zero attached hydrogens (tertiary/aromatic N) is 1. The molecule has 1 aromatic rings. The standard InChI is InChI=1S/C15H25N7O2/c1-15(2,3)24-14(23)22-11-5-10(9(6-16)7-19-4)21-13(12(11)18)20-8-17/h5-7,16,19H,8,17-18H2,1-4H3,(H2,20,21,22,23)/b9-7+,16-6?. The Bertz CT molecular complexity index is 635. The van der Waals surface area contributed by atoms with Gasteiger partial charge in [0.05, 0.1) is 23.7 Å². The fourth-order valence-corrected chi connectivity index (χ4v) is 1.80. The number of rotatable bonds is 6. The van der Waals surface area contributed by atoms with Crippen molar-refractivity contribution in [3.8, 4) is 0 Å². The maximum atomic E-state index is 12.0. The fourth-order valence-electron chi connectivity index (χ4n) is 1.80. The lowest BCUT2D eigenvalue weighted by Gasteiger charge is -2.21. The lowest BCUT2D eigenvalue weighted by molar-refractivity contribution is 0.0636. The maximum Gasteiger partial charge on any atom is 0.412 e. The first kappa shape index (κ1) is 19.2. The Morgan fingerprint density at radius 1 is 1.46 bits per heavy atom. The zero-order valence-corrected chi connectivity index (χ0v) is 14.4. The van der Waals surface area contributed by atoms with Crippen LogP contribution in [0.5, 0.6) is 0 Å². The average molecular weight is 335 g/mol. The molecule has 1 amide bonds. The molecular formula is C15H25N7O2. The SMILES string of the molecule is CN/C=C(\C=N)c1cc(NC(=O)OC(C)(C)C)c(N)c(NCN)n1. The van der Waals surface area contributed by atoms with Gasteiger partial charge in [0.2, 0.25) is 0 Å². The van der Waals surface area contributed by atoms with Crippen LogP contribution in [0.15, 0.2) is 12.3 Å². The average Bonchev–Trinajstić information content (AvgIpc) is 2.47. The summed E-state index contributed by atoms with van der Waals surface area (Å²) >= 11 is 0. The number of amides is 1. The molecule has 24 heavy (non-hydrogen) atoms. The summed E-state index contributed by atoms with van der Waals surface area (Å²) in [5, 5.41) is 15.8. The first-order valence-electron chi connectivity index (χ1n) is 7.34. The van der Waals surface area contributed by atoms with Crippen LogP contribution >= 0.6 is 0 Å². The van der Waals surface area contributed by atoms with E-state index in [1.807, 2.05) is 0 Å². The van der Waals surface area contributed by atoms with Crippen molar-refractivity contribution in [3.63, 3.8) is 0 Å². The Kier molecular flexibility index (Phi) is 6.54. The summed E-state index contributed by atoms with van der Waals surface area (Å²) in [6.07, 6.45) is 2.10.